The number of carboxylic acid groups (broad SMARTS) is 1. The number of aliphatic carboxylic acids is 1. The first-order valence-corrected chi connectivity index (χ1v) is 4.27. The van der Waals surface area contributed by atoms with E-state index in [4.69, 9.17) is 10.2 Å². The highest BCUT2D eigenvalue weighted by Gasteiger charge is 2.24. The molecule has 2 N–H and O–H groups in total. The van der Waals surface area contributed by atoms with Gasteiger partial charge in [0.15, 0.2) is 0 Å². The molecule has 0 radical (unpaired) electrons. The summed E-state index contributed by atoms with van der Waals surface area (Å²) >= 11 is 0. The molecule has 5 heteroatoms. The van der Waals surface area contributed by atoms with Gasteiger partial charge < -0.3 is 15.1 Å². The van der Waals surface area contributed by atoms with Gasteiger partial charge in [0.05, 0.1) is 12.5 Å². The Morgan fingerprint density at radius 3 is 2.54 bits per heavy atom. The Bertz CT molecular complexity index is 216. The monoisotopic (exact) mass is 187 g/mol. The minimum absolute atomic E-state index is 0.0298. The van der Waals surface area contributed by atoms with E-state index in [1.807, 2.05) is 0 Å². The van der Waals surface area contributed by atoms with Gasteiger partial charge in [-0.1, -0.05) is 0 Å². The van der Waals surface area contributed by atoms with Crippen molar-refractivity contribution in [1.29, 1.82) is 0 Å². The molecule has 1 heterocycles. The molecule has 0 aromatic heterocycles. The van der Waals surface area contributed by atoms with Gasteiger partial charge in [0.1, 0.15) is 0 Å². The highest BCUT2D eigenvalue weighted by Crippen LogP contribution is 2.10. The fraction of sp³-hybridized carbons (Fsp3) is 0.750. The van der Waals surface area contributed by atoms with Crippen LogP contribution in [0.1, 0.15) is 19.3 Å². The summed E-state index contributed by atoms with van der Waals surface area (Å²) in [6, 6.07) is 0. The van der Waals surface area contributed by atoms with Crippen LogP contribution in [0.5, 0.6) is 0 Å². The molecule has 1 atom stereocenters. The van der Waals surface area contributed by atoms with Gasteiger partial charge in [-0.25, -0.2) is 0 Å². The number of hydrogen-bond acceptors (Lipinski definition) is 3. The van der Waals surface area contributed by atoms with Crippen molar-refractivity contribution in [2.24, 2.45) is 0 Å². The molecule has 1 amide bonds. The van der Waals surface area contributed by atoms with Crippen LogP contribution in [0, 0.1) is 0 Å². The number of β-amino-alcohol motifs (C(OH)–C–C–N with tert-alkyl or cyclic N) is 1. The van der Waals surface area contributed by atoms with Crippen molar-refractivity contribution in [3.8, 4) is 0 Å². The van der Waals surface area contributed by atoms with Crippen LogP contribution < -0.4 is 0 Å². The van der Waals surface area contributed by atoms with Crippen molar-refractivity contribution in [2.45, 2.75) is 25.4 Å². The lowest BCUT2D eigenvalue weighted by Crippen LogP contribution is -2.29. The summed E-state index contributed by atoms with van der Waals surface area (Å²) in [7, 11) is 0. The zero-order chi connectivity index (χ0) is 9.84. The number of aliphatic hydroxyl groups excluding tert-OH is 1. The number of nitrogens with zero attached hydrogens (tertiary/aromatic N) is 1. The fourth-order valence-corrected chi connectivity index (χ4v) is 1.34. The lowest BCUT2D eigenvalue weighted by atomic mass is 10.3. The van der Waals surface area contributed by atoms with Crippen LogP contribution in [0.15, 0.2) is 0 Å². The number of hydrogen-bond donors (Lipinski definition) is 2. The number of carboxylic acids is 1. The van der Waals surface area contributed by atoms with Crippen LogP contribution in [0.25, 0.3) is 0 Å². The van der Waals surface area contributed by atoms with Gasteiger partial charge in [-0.3, -0.25) is 9.59 Å². The van der Waals surface area contributed by atoms with E-state index >= 15 is 0 Å². The van der Waals surface area contributed by atoms with Crippen molar-refractivity contribution in [1.82, 2.24) is 4.90 Å². The number of rotatable bonds is 3. The minimum Gasteiger partial charge on any atom is -0.481 e. The second kappa shape index (κ2) is 4.23. The molecule has 0 aliphatic carbocycles. The maximum atomic E-state index is 11.2. The quantitative estimate of drug-likeness (QED) is 0.621. The molecule has 0 aromatic rings. The molecule has 13 heavy (non-hydrogen) atoms. The second-order valence-corrected chi connectivity index (χ2v) is 3.18. The zero-order valence-corrected chi connectivity index (χ0v) is 7.27. The number of aliphatic hydroxyl groups is 1. The number of carbonyl (C=O) groups is 2. The largest absolute Gasteiger partial charge is 0.481 e. The Balaban J connectivity index is 2.27. The maximum absolute atomic E-state index is 11.2. The molecule has 0 aromatic carbocycles. The number of amides is 1. The lowest BCUT2D eigenvalue weighted by molar-refractivity contribution is -0.140. The Morgan fingerprint density at radius 1 is 1.38 bits per heavy atom. The van der Waals surface area contributed by atoms with Gasteiger partial charge in [-0.15, -0.1) is 0 Å². The molecular formula is C8H13NO4. The normalized spacial score (nSPS) is 21.9. The second-order valence-electron chi connectivity index (χ2n) is 3.18. The van der Waals surface area contributed by atoms with Gasteiger partial charge in [0.2, 0.25) is 5.91 Å². The molecule has 1 saturated heterocycles. The average Bonchev–Trinajstić information content (AvgIpc) is 2.47. The summed E-state index contributed by atoms with van der Waals surface area (Å²) in [6.07, 6.45) is 0.0560. The van der Waals surface area contributed by atoms with Gasteiger partial charge in [-0.05, 0) is 6.42 Å². The molecule has 1 rings (SSSR count). The standard InChI is InChI=1S/C8H13NO4/c10-6-3-4-9(5-6)7(11)1-2-8(12)13/h6,10H,1-5H2,(H,12,13)/t6-/m1/s1. The van der Waals surface area contributed by atoms with E-state index in [2.05, 4.69) is 0 Å². The molecule has 74 valence electrons. The molecule has 0 bridgehead atoms. The van der Waals surface area contributed by atoms with Crippen LogP contribution in [-0.4, -0.2) is 46.2 Å². The molecule has 0 unspecified atom stereocenters. The topological polar surface area (TPSA) is 77.8 Å². The third-order valence-corrected chi connectivity index (χ3v) is 2.07. The molecule has 5 nitrogen and oxygen atoms in total. The summed E-state index contributed by atoms with van der Waals surface area (Å²) in [4.78, 5) is 22.9. The van der Waals surface area contributed by atoms with Crippen LogP contribution in [0.3, 0.4) is 0 Å². The first-order valence-electron chi connectivity index (χ1n) is 4.27. The van der Waals surface area contributed by atoms with Gasteiger partial charge in [0.25, 0.3) is 0 Å². The predicted octanol–water partition coefficient (Wildman–Crippen LogP) is -0.556. The van der Waals surface area contributed by atoms with E-state index in [1.54, 1.807) is 0 Å². The first kappa shape index (κ1) is 9.98. The lowest BCUT2D eigenvalue weighted by Gasteiger charge is -2.14. The van der Waals surface area contributed by atoms with Crippen LogP contribution in [0.2, 0.25) is 0 Å². The van der Waals surface area contributed by atoms with E-state index in [0.29, 0.717) is 19.5 Å². The molecule has 0 saturated carbocycles. The Labute approximate surface area is 76.0 Å². The zero-order valence-electron chi connectivity index (χ0n) is 7.27. The number of carbonyl (C=O) groups excluding carboxylic acids is 1. The summed E-state index contributed by atoms with van der Waals surface area (Å²) in [6.45, 7) is 0.887. The van der Waals surface area contributed by atoms with Crippen molar-refractivity contribution < 1.29 is 19.8 Å². The summed E-state index contributed by atoms with van der Waals surface area (Å²) < 4.78 is 0. The van der Waals surface area contributed by atoms with Crippen molar-refractivity contribution in [3.63, 3.8) is 0 Å². The Kier molecular flexibility index (Phi) is 3.25. The van der Waals surface area contributed by atoms with Crippen molar-refractivity contribution >= 4 is 11.9 Å². The predicted molar refractivity (Wildman–Crippen MR) is 44.1 cm³/mol. The smallest absolute Gasteiger partial charge is 0.303 e. The fourth-order valence-electron chi connectivity index (χ4n) is 1.34. The average molecular weight is 187 g/mol. The molecule has 0 spiro atoms. The Hall–Kier alpha value is -1.10. The highest BCUT2D eigenvalue weighted by atomic mass is 16.4. The summed E-state index contributed by atoms with van der Waals surface area (Å²) in [5.41, 5.74) is 0. The van der Waals surface area contributed by atoms with E-state index in [0.717, 1.165) is 0 Å². The van der Waals surface area contributed by atoms with Crippen molar-refractivity contribution in [3.05, 3.63) is 0 Å². The van der Waals surface area contributed by atoms with Gasteiger partial charge in [0, 0.05) is 19.5 Å². The Morgan fingerprint density at radius 2 is 2.08 bits per heavy atom. The third kappa shape index (κ3) is 3.02. The van der Waals surface area contributed by atoms with Crippen molar-refractivity contribution in [2.75, 3.05) is 13.1 Å². The van der Waals surface area contributed by atoms with E-state index in [1.165, 1.54) is 4.90 Å². The minimum atomic E-state index is -0.965. The highest BCUT2D eigenvalue weighted by molar-refractivity contribution is 5.80. The van der Waals surface area contributed by atoms with Crippen LogP contribution in [0.4, 0.5) is 0 Å². The van der Waals surface area contributed by atoms with Gasteiger partial charge >= 0.3 is 5.97 Å². The molecule has 1 aliphatic heterocycles. The summed E-state index contributed by atoms with van der Waals surface area (Å²) in [5, 5.41) is 17.5. The molecule has 1 fully saturated rings. The van der Waals surface area contributed by atoms with E-state index in [9.17, 15) is 9.59 Å². The maximum Gasteiger partial charge on any atom is 0.303 e. The van der Waals surface area contributed by atoms with E-state index < -0.39 is 12.1 Å². The summed E-state index contributed by atoms with van der Waals surface area (Å²) in [5.74, 6) is -1.15. The third-order valence-electron chi connectivity index (χ3n) is 2.07. The van der Waals surface area contributed by atoms with Crippen LogP contribution in [-0.2, 0) is 9.59 Å². The number of likely N-dealkylation sites (tertiary alicyclic amines) is 1. The van der Waals surface area contributed by atoms with E-state index in [-0.39, 0.29) is 18.7 Å². The van der Waals surface area contributed by atoms with Crippen LogP contribution >= 0.6 is 0 Å². The first-order chi connectivity index (χ1) is 6.09. The molecular weight excluding hydrogens is 174 g/mol. The molecule has 1 aliphatic rings. The van der Waals surface area contributed by atoms with Gasteiger partial charge in [-0.2, -0.15) is 0 Å². The SMILES string of the molecule is O=C(O)CCC(=O)N1CC[C@@H](O)C1.